The van der Waals surface area contributed by atoms with E-state index in [9.17, 15) is 22.8 Å². The lowest BCUT2D eigenvalue weighted by Gasteiger charge is -2.12. The number of nitrogens with two attached hydrogens (primary N) is 1. The third-order valence-corrected chi connectivity index (χ3v) is 5.59. The molecule has 4 N–H and O–H groups in total. The molecular weight excluding hydrogens is 499 g/mol. The van der Waals surface area contributed by atoms with Crippen LogP contribution in [0.2, 0.25) is 5.02 Å². The maximum atomic E-state index is 13.0. The highest BCUT2D eigenvalue weighted by molar-refractivity contribution is 6.33. The number of aromatic nitrogens is 3. The molecule has 0 saturated heterocycles. The topological polar surface area (TPSA) is 115 Å². The molecule has 1 aromatic heterocycles. The van der Waals surface area contributed by atoms with Crippen molar-refractivity contribution in [1.29, 1.82) is 0 Å². The second-order valence-electron chi connectivity index (χ2n) is 7.63. The van der Waals surface area contributed by atoms with E-state index in [0.717, 1.165) is 22.4 Å². The predicted molar refractivity (Wildman–Crippen MR) is 128 cm³/mol. The Balaban J connectivity index is 1.64. The summed E-state index contributed by atoms with van der Waals surface area (Å²) < 4.78 is 45.3. The van der Waals surface area contributed by atoms with Gasteiger partial charge in [0.1, 0.15) is 5.75 Å². The molecule has 0 atom stereocenters. The van der Waals surface area contributed by atoms with Crippen LogP contribution in [0.3, 0.4) is 0 Å². The average molecular weight is 518 g/mol. The molecule has 0 fully saturated rings. The van der Waals surface area contributed by atoms with Gasteiger partial charge in [0, 0.05) is 23.9 Å². The van der Waals surface area contributed by atoms with E-state index in [1.165, 1.54) is 37.4 Å². The molecule has 3 aromatic carbocycles. The molecule has 0 aliphatic carbocycles. The largest absolute Gasteiger partial charge is 0.496 e. The Hall–Kier alpha value is -4.09. The number of methoxy groups -OCH3 is 1. The first kappa shape index (κ1) is 25.0. The Kier molecular flexibility index (Phi) is 6.86. The van der Waals surface area contributed by atoms with Crippen LogP contribution in [0.4, 0.5) is 18.9 Å². The summed E-state index contributed by atoms with van der Waals surface area (Å²) in [6.07, 6.45) is -4.55. The van der Waals surface area contributed by atoms with Gasteiger partial charge in [0.25, 0.3) is 5.91 Å². The van der Waals surface area contributed by atoms with Crippen LogP contribution >= 0.6 is 11.6 Å². The summed E-state index contributed by atoms with van der Waals surface area (Å²) in [6.45, 7) is 0.274. The lowest BCUT2D eigenvalue weighted by Crippen LogP contribution is -2.17. The number of aromatic amines is 1. The van der Waals surface area contributed by atoms with Gasteiger partial charge in [-0.1, -0.05) is 23.7 Å². The van der Waals surface area contributed by atoms with Crippen LogP contribution in [0, 0.1) is 0 Å². The number of anilines is 1. The summed E-state index contributed by atoms with van der Waals surface area (Å²) in [5.74, 6) is -0.402. The van der Waals surface area contributed by atoms with Crippen molar-refractivity contribution < 1.29 is 22.7 Å². The fourth-order valence-corrected chi connectivity index (χ4v) is 3.68. The quantitative estimate of drug-likeness (QED) is 0.345. The van der Waals surface area contributed by atoms with Crippen LogP contribution in [0.1, 0.15) is 21.5 Å². The summed E-state index contributed by atoms with van der Waals surface area (Å²) in [7, 11) is 1.32. The zero-order valence-electron chi connectivity index (χ0n) is 18.7. The average Bonchev–Trinajstić information content (AvgIpc) is 3.24. The van der Waals surface area contributed by atoms with Crippen molar-refractivity contribution in [3.63, 3.8) is 0 Å². The summed E-state index contributed by atoms with van der Waals surface area (Å²) in [5, 5.41) is 7.09. The van der Waals surface area contributed by atoms with Crippen molar-refractivity contribution in [2.24, 2.45) is 5.73 Å². The van der Waals surface area contributed by atoms with Gasteiger partial charge in [-0.15, -0.1) is 5.10 Å². The number of benzene rings is 3. The minimum Gasteiger partial charge on any atom is -0.496 e. The molecule has 1 amide bonds. The predicted octanol–water partition coefficient (Wildman–Crippen LogP) is 4.62. The van der Waals surface area contributed by atoms with Gasteiger partial charge in [-0.3, -0.25) is 9.78 Å². The number of amides is 1. The van der Waals surface area contributed by atoms with Gasteiger partial charge in [-0.25, -0.2) is 4.79 Å². The van der Waals surface area contributed by atoms with Crippen LogP contribution in [0.5, 0.6) is 5.75 Å². The van der Waals surface area contributed by atoms with Crippen LogP contribution in [0.15, 0.2) is 65.5 Å². The van der Waals surface area contributed by atoms with Gasteiger partial charge in [0.15, 0.2) is 5.82 Å². The zero-order valence-corrected chi connectivity index (χ0v) is 19.4. The number of alkyl halides is 3. The molecule has 0 radical (unpaired) electrons. The standard InChI is InChI=1S/C24H19ClF3N5O3/c1-36-20-11-16(33-23(35)31-21(32-33)18-9-13(12-29)5-8-19(18)25)6-7-17(20)22(34)30-15-4-2-3-14(10-15)24(26,27)28/h2-11H,12,29H2,1H3,(H,30,34)(H,31,32,35). The molecule has 4 rings (SSSR count). The normalized spacial score (nSPS) is 11.4. The Morgan fingerprint density at radius 3 is 2.64 bits per heavy atom. The first-order valence-electron chi connectivity index (χ1n) is 10.5. The molecule has 0 saturated carbocycles. The van der Waals surface area contributed by atoms with Crippen LogP contribution in [-0.2, 0) is 12.7 Å². The highest BCUT2D eigenvalue weighted by atomic mass is 35.5. The highest BCUT2D eigenvalue weighted by Gasteiger charge is 2.30. The Labute approximate surface area is 207 Å². The van der Waals surface area contributed by atoms with E-state index < -0.39 is 23.3 Å². The molecule has 0 unspecified atom stereocenters. The third-order valence-electron chi connectivity index (χ3n) is 5.26. The van der Waals surface area contributed by atoms with Gasteiger partial charge in [0.2, 0.25) is 0 Å². The molecular formula is C24H19ClF3N5O3. The fourth-order valence-electron chi connectivity index (χ4n) is 3.47. The lowest BCUT2D eigenvalue weighted by atomic mass is 10.1. The molecule has 0 bridgehead atoms. The second kappa shape index (κ2) is 9.88. The molecule has 12 heteroatoms. The fraction of sp³-hybridized carbons (Fsp3) is 0.125. The van der Waals surface area contributed by atoms with E-state index in [-0.39, 0.29) is 35.1 Å². The number of halogens is 4. The molecule has 0 spiro atoms. The first-order valence-corrected chi connectivity index (χ1v) is 10.8. The van der Waals surface area contributed by atoms with Gasteiger partial charge in [-0.2, -0.15) is 17.9 Å². The van der Waals surface area contributed by atoms with E-state index in [2.05, 4.69) is 15.4 Å². The number of carbonyl (C=O) groups is 1. The van der Waals surface area contributed by atoms with E-state index in [4.69, 9.17) is 22.1 Å². The highest BCUT2D eigenvalue weighted by Crippen LogP contribution is 2.31. The van der Waals surface area contributed by atoms with Gasteiger partial charge < -0.3 is 15.8 Å². The Morgan fingerprint density at radius 2 is 1.94 bits per heavy atom. The van der Waals surface area contributed by atoms with E-state index in [1.54, 1.807) is 18.2 Å². The van der Waals surface area contributed by atoms with Crippen molar-refractivity contribution in [3.05, 3.63) is 92.9 Å². The number of nitrogens with zero attached hydrogens (tertiary/aromatic N) is 2. The number of hydrogen-bond acceptors (Lipinski definition) is 5. The summed E-state index contributed by atoms with van der Waals surface area (Å²) in [5.41, 5.74) is 5.78. The molecule has 4 aromatic rings. The van der Waals surface area contributed by atoms with Crippen LogP contribution in [0.25, 0.3) is 17.1 Å². The van der Waals surface area contributed by atoms with E-state index in [0.29, 0.717) is 10.6 Å². The molecule has 0 aliphatic heterocycles. The Morgan fingerprint density at radius 1 is 1.17 bits per heavy atom. The Bertz CT molecular complexity index is 1500. The third kappa shape index (κ3) is 5.11. The van der Waals surface area contributed by atoms with Crippen LogP contribution in [-0.4, -0.2) is 27.8 Å². The van der Waals surface area contributed by atoms with E-state index >= 15 is 0 Å². The van der Waals surface area contributed by atoms with Crippen molar-refractivity contribution in [1.82, 2.24) is 14.8 Å². The number of ether oxygens (including phenoxy) is 1. The molecule has 186 valence electrons. The van der Waals surface area contributed by atoms with Crippen molar-refractivity contribution in [3.8, 4) is 22.8 Å². The second-order valence-corrected chi connectivity index (χ2v) is 8.03. The smallest absolute Gasteiger partial charge is 0.416 e. The molecule has 36 heavy (non-hydrogen) atoms. The van der Waals surface area contributed by atoms with Gasteiger partial charge in [0.05, 0.1) is 28.9 Å². The van der Waals surface area contributed by atoms with E-state index in [1.807, 2.05) is 0 Å². The SMILES string of the molecule is COc1cc(-n2nc(-c3cc(CN)ccc3Cl)[nH]c2=O)ccc1C(=O)Nc1cccc(C(F)(F)F)c1. The zero-order chi connectivity index (χ0) is 26.0. The number of carbonyl (C=O) groups excluding carboxylic acids is 1. The number of H-pyrrole nitrogens is 1. The summed E-state index contributed by atoms with van der Waals surface area (Å²) >= 11 is 6.26. The minimum absolute atomic E-state index is 0.0364. The van der Waals surface area contributed by atoms with Gasteiger partial charge >= 0.3 is 11.9 Å². The number of hydrogen-bond donors (Lipinski definition) is 3. The van der Waals surface area contributed by atoms with Crippen molar-refractivity contribution >= 4 is 23.2 Å². The summed E-state index contributed by atoms with van der Waals surface area (Å²) in [6, 6.07) is 13.6. The molecule has 0 aliphatic rings. The van der Waals surface area contributed by atoms with Gasteiger partial charge in [-0.05, 0) is 48.0 Å². The van der Waals surface area contributed by atoms with Crippen LogP contribution < -0.4 is 21.5 Å². The maximum absolute atomic E-state index is 13.0. The number of nitrogens with one attached hydrogen (secondary N) is 2. The van der Waals surface area contributed by atoms with Crippen molar-refractivity contribution in [2.75, 3.05) is 12.4 Å². The summed E-state index contributed by atoms with van der Waals surface area (Å²) in [4.78, 5) is 28.0. The molecule has 1 heterocycles. The minimum atomic E-state index is -4.55. The molecule has 8 nitrogen and oxygen atoms in total. The van der Waals surface area contributed by atoms with Crippen molar-refractivity contribution in [2.45, 2.75) is 12.7 Å². The number of rotatable bonds is 6. The lowest BCUT2D eigenvalue weighted by molar-refractivity contribution is -0.137. The monoisotopic (exact) mass is 517 g/mol. The first-order chi connectivity index (χ1) is 17.1. The maximum Gasteiger partial charge on any atom is 0.416 e.